The van der Waals surface area contributed by atoms with E-state index in [4.69, 9.17) is 0 Å². The first-order valence-corrected chi connectivity index (χ1v) is 7.24. The summed E-state index contributed by atoms with van der Waals surface area (Å²) in [5, 5.41) is 10.8. The third kappa shape index (κ3) is 3.30. The van der Waals surface area contributed by atoms with Crippen molar-refractivity contribution in [1.29, 1.82) is 0 Å². The van der Waals surface area contributed by atoms with Gasteiger partial charge in [-0.2, -0.15) is 0 Å². The summed E-state index contributed by atoms with van der Waals surface area (Å²) in [4.78, 5) is 19.8. The van der Waals surface area contributed by atoms with Crippen molar-refractivity contribution in [1.82, 2.24) is 15.2 Å². The molecule has 1 aliphatic rings. The van der Waals surface area contributed by atoms with Crippen LogP contribution in [0.3, 0.4) is 0 Å². The van der Waals surface area contributed by atoms with E-state index in [9.17, 15) is 4.79 Å². The van der Waals surface area contributed by atoms with Crippen LogP contribution in [0.4, 0.5) is 17.5 Å². The molecule has 114 valence electrons. The SMILES string of the molecule is CC(=O)Nc1ccc(N2CCN(c3ccccn3)CC2)nn1. The highest BCUT2D eigenvalue weighted by Crippen LogP contribution is 2.17. The molecule has 0 bridgehead atoms. The first kappa shape index (κ1) is 14.2. The van der Waals surface area contributed by atoms with E-state index in [1.54, 1.807) is 6.07 Å². The number of nitrogens with one attached hydrogen (secondary N) is 1. The van der Waals surface area contributed by atoms with Gasteiger partial charge in [-0.3, -0.25) is 4.79 Å². The fourth-order valence-electron chi connectivity index (χ4n) is 2.45. The molecular formula is C15H18N6O. The Bertz CT molecular complexity index is 622. The number of aromatic nitrogens is 3. The van der Waals surface area contributed by atoms with Crippen LogP contribution in [0.5, 0.6) is 0 Å². The van der Waals surface area contributed by atoms with E-state index in [1.807, 2.05) is 30.5 Å². The van der Waals surface area contributed by atoms with Crippen molar-refractivity contribution in [2.24, 2.45) is 0 Å². The molecule has 1 saturated heterocycles. The molecular weight excluding hydrogens is 280 g/mol. The minimum Gasteiger partial charge on any atom is -0.353 e. The van der Waals surface area contributed by atoms with Gasteiger partial charge in [-0.1, -0.05) is 6.07 Å². The Hall–Kier alpha value is -2.70. The first-order chi connectivity index (χ1) is 10.7. The number of nitrogens with zero attached hydrogens (tertiary/aromatic N) is 5. The molecule has 1 aliphatic heterocycles. The summed E-state index contributed by atoms with van der Waals surface area (Å²) >= 11 is 0. The molecule has 1 fully saturated rings. The number of anilines is 3. The van der Waals surface area contributed by atoms with Crippen molar-refractivity contribution in [2.45, 2.75) is 6.92 Å². The number of carbonyl (C=O) groups excluding carboxylic acids is 1. The highest BCUT2D eigenvalue weighted by Gasteiger charge is 2.19. The molecule has 7 nitrogen and oxygen atoms in total. The molecule has 0 aliphatic carbocycles. The number of amides is 1. The molecule has 1 amide bonds. The van der Waals surface area contributed by atoms with Crippen LogP contribution < -0.4 is 15.1 Å². The standard InChI is InChI=1S/C15H18N6O/c1-12(22)17-13-5-6-15(19-18-13)21-10-8-20(9-11-21)14-4-2-3-7-16-14/h2-7H,8-11H2,1H3,(H,17,18,22). The topological polar surface area (TPSA) is 74.2 Å². The van der Waals surface area contributed by atoms with Crippen LogP contribution in [0.25, 0.3) is 0 Å². The van der Waals surface area contributed by atoms with Gasteiger partial charge in [-0.15, -0.1) is 10.2 Å². The maximum absolute atomic E-state index is 11.0. The monoisotopic (exact) mass is 298 g/mol. The fourth-order valence-corrected chi connectivity index (χ4v) is 2.45. The van der Waals surface area contributed by atoms with Crippen molar-refractivity contribution in [2.75, 3.05) is 41.3 Å². The quantitative estimate of drug-likeness (QED) is 0.916. The normalized spacial score (nSPS) is 14.8. The zero-order valence-electron chi connectivity index (χ0n) is 12.4. The molecule has 0 radical (unpaired) electrons. The summed E-state index contributed by atoms with van der Waals surface area (Å²) in [6.07, 6.45) is 1.81. The van der Waals surface area contributed by atoms with Crippen molar-refractivity contribution in [3.8, 4) is 0 Å². The van der Waals surface area contributed by atoms with Gasteiger partial charge in [0.15, 0.2) is 11.6 Å². The molecule has 0 atom stereocenters. The molecule has 3 rings (SSSR count). The Morgan fingerprint density at radius 2 is 1.73 bits per heavy atom. The summed E-state index contributed by atoms with van der Waals surface area (Å²) in [5.41, 5.74) is 0. The van der Waals surface area contributed by atoms with Crippen molar-refractivity contribution >= 4 is 23.4 Å². The van der Waals surface area contributed by atoms with Gasteiger partial charge >= 0.3 is 0 Å². The summed E-state index contributed by atoms with van der Waals surface area (Å²) in [7, 11) is 0. The lowest BCUT2D eigenvalue weighted by Crippen LogP contribution is -2.47. The third-order valence-corrected chi connectivity index (χ3v) is 3.53. The van der Waals surface area contributed by atoms with Crippen LogP contribution in [0.15, 0.2) is 36.5 Å². The number of rotatable bonds is 3. The maximum Gasteiger partial charge on any atom is 0.222 e. The lowest BCUT2D eigenvalue weighted by Gasteiger charge is -2.35. The molecule has 2 aromatic heterocycles. The average molecular weight is 298 g/mol. The molecule has 3 heterocycles. The maximum atomic E-state index is 11.0. The van der Waals surface area contributed by atoms with Crippen molar-refractivity contribution in [3.63, 3.8) is 0 Å². The molecule has 22 heavy (non-hydrogen) atoms. The van der Waals surface area contributed by atoms with Gasteiger partial charge in [-0.05, 0) is 24.3 Å². The second-order valence-electron chi connectivity index (χ2n) is 5.12. The van der Waals surface area contributed by atoms with E-state index in [0.29, 0.717) is 5.82 Å². The highest BCUT2D eigenvalue weighted by molar-refractivity contribution is 5.87. The van der Waals surface area contributed by atoms with Crippen LogP contribution in [0.2, 0.25) is 0 Å². The van der Waals surface area contributed by atoms with Gasteiger partial charge in [0.1, 0.15) is 5.82 Å². The first-order valence-electron chi connectivity index (χ1n) is 7.24. The van der Waals surface area contributed by atoms with Crippen molar-refractivity contribution < 1.29 is 4.79 Å². The predicted molar refractivity (Wildman–Crippen MR) is 85.0 cm³/mol. The second kappa shape index (κ2) is 6.38. The molecule has 0 saturated carbocycles. The zero-order chi connectivity index (χ0) is 15.4. The Balaban J connectivity index is 1.60. The minimum atomic E-state index is -0.147. The lowest BCUT2D eigenvalue weighted by molar-refractivity contribution is -0.114. The number of hydrogen-bond acceptors (Lipinski definition) is 6. The Morgan fingerprint density at radius 1 is 1.00 bits per heavy atom. The molecule has 2 aromatic rings. The third-order valence-electron chi connectivity index (χ3n) is 3.53. The second-order valence-corrected chi connectivity index (χ2v) is 5.12. The van der Waals surface area contributed by atoms with E-state index in [0.717, 1.165) is 37.8 Å². The van der Waals surface area contributed by atoms with Gasteiger partial charge in [0.2, 0.25) is 5.91 Å². The smallest absolute Gasteiger partial charge is 0.222 e. The summed E-state index contributed by atoms with van der Waals surface area (Å²) < 4.78 is 0. The largest absolute Gasteiger partial charge is 0.353 e. The molecule has 0 unspecified atom stereocenters. The van der Waals surface area contributed by atoms with E-state index in [1.165, 1.54) is 6.92 Å². The van der Waals surface area contributed by atoms with Crippen LogP contribution in [-0.2, 0) is 4.79 Å². The van der Waals surface area contributed by atoms with Crippen LogP contribution in [0.1, 0.15) is 6.92 Å². The van der Waals surface area contributed by atoms with Crippen LogP contribution >= 0.6 is 0 Å². The van der Waals surface area contributed by atoms with Gasteiger partial charge < -0.3 is 15.1 Å². The van der Waals surface area contributed by atoms with Crippen molar-refractivity contribution in [3.05, 3.63) is 36.5 Å². The van der Waals surface area contributed by atoms with E-state index in [2.05, 4.69) is 30.3 Å². The van der Waals surface area contributed by atoms with E-state index >= 15 is 0 Å². The Morgan fingerprint density at radius 3 is 2.27 bits per heavy atom. The average Bonchev–Trinajstić information content (AvgIpc) is 2.56. The highest BCUT2D eigenvalue weighted by atomic mass is 16.1. The number of hydrogen-bond donors (Lipinski definition) is 1. The summed E-state index contributed by atoms with van der Waals surface area (Å²) in [6.45, 7) is 4.97. The van der Waals surface area contributed by atoms with Gasteiger partial charge in [0.05, 0.1) is 0 Å². The van der Waals surface area contributed by atoms with Gasteiger partial charge in [0.25, 0.3) is 0 Å². The molecule has 0 aromatic carbocycles. The summed E-state index contributed by atoms with van der Waals surface area (Å²) in [5.74, 6) is 2.17. The van der Waals surface area contributed by atoms with Crippen LogP contribution in [-0.4, -0.2) is 47.3 Å². The summed E-state index contributed by atoms with van der Waals surface area (Å²) in [6, 6.07) is 9.61. The fraction of sp³-hybridized carbons (Fsp3) is 0.333. The minimum absolute atomic E-state index is 0.147. The number of pyridine rings is 1. The Labute approximate surface area is 129 Å². The number of piperazine rings is 1. The van der Waals surface area contributed by atoms with Crippen LogP contribution in [0, 0.1) is 0 Å². The Kier molecular flexibility index (Phi) is 4.13. The molecule has 7 heteroatoms. The molecule has 0 spiro atoms. The number of carbonyl (C=O) groups is 1. The van der Waals surface area contributed by atoms with E-state index < -0.39 is 0 Å². The van der Waals surface area contributed by atoms with Gasteiger partial charge in [0, 0.05) is 39.3 Å². The molecule has 1 N–H and O–H groups in total. The lowest BCUT2D eigenvalue weighted by atomic mass is 10.3. The van der Waals surface area contributed by atoms with Gasteiger partial charge in [-0.25, -0.2) is 4.98 Å². The zero-order valence-corrected chi connectivity index (χ0v) is 12.4. The predicted octanol–water partition coefficient (Wildman–Crippen LogP) is 1.16. The van der Waals surface area contributed by atoms with E-state index in [-0.39, 0.29) is 5.91 Å².